The fourth-order valence-corrected chi connectivity index (χ4v) is 4.58. The monoisotopic (exact) mass is 469 g/mol. The number of allylic oxidation sites excluding steroid dienone is 3. The smallest absolute Gasteiger partial charge is 0.337 e. The zero-order valence-corrected chi connectivity index (χ0v) is 21.2. The summed E-state index contributed by atoms with van der Waals surface area (Å²) in [6.45, 7) is 13.3. The molecule has 1 heterocycles. The van der Waals surface area contributed by atoms with Crippen molar-refractivity contribution in [3.05, 3.63) is 46.3 Å². The standard InChI is InChI=1S/C27H35NO6/c1-8-15(3)33-26(31)23-16(4)28-19-13-27(6,7)14-20(30)25(19)24(23)18-10-11-21(34-17(5)29)22(12-18)32-9-2/h10-12,15,24,28H,8-9,13-14H2,1-7H3/t15-,24-/m1/s1. The van der Waals surface area contributed by atoms with Gasteiger partial charge in [-0.05, 0) is 56.7 Å². The van der Waals surface area contributed by atoms with Gasteiger partial charge >= 0.3 is 11.9 Å². The Balaban J connectivity index is 2.18. The van der Waals surface area contributed by atoms with Gasteiger partial charge in [0.1, 0.15) is 0 Å². The van der Waals surface area contributed by atoms with E-state index >= 15 is 0 Å². The number of dihydropyridines is 1. The molecule has 1 aromatic rings. The molecule has 1 aliphatic heterocycles. The third kappa shape index (κ3) is 5.34. The lowest BCUT2D eigenvalue weighted by atomic mass is 9.68. The number of carbonyl (C=O) groups is 3. The first-order chi connectivity index (χ1) is 16.0. The van der Waals surface area contributed by atoms with Crippen LogP contribution in [-0.4, -0.2) is 30.4 Å². The number of Topliss-reactive ketones (excluding diaryl/α,β-unsaturated/α-hetero) is 1. The lowest BCUT2D eigenvalue weighted by Crippen LogP contribution is -2.39. The summed E-state index contributed by atoms with van der Waals surface area (Å²) in [7, 11) is 0. The van der Waals surface area contributed by atoms with E-state index in [1.165, 1.54) is 6.92 Å². The first-order valence-electron chi connectivity index (χ1n) is 11.9. The van der Waals surface area contributed by atoms with Crippen LogP contribution < -0.4 is 14.8 Å². The van der Waals surface area contributed by atoms with Crippen molar-refractivity contribution in [2.24, 2.45) is 5.41 Å². The molecule has 0 unspecified atom stereocenters. The van der Waals surface area contributed by atoms with Crippen molar-refractivity contribution in [2.45, 2.75) is 79.8 Å². The number of nitrogens with one attached hydrogen (secondary N) is 1. The van der Waals surface area contributed by atoms with Gasteiger partial charge in [-0.15, -0.1) is 0 Å². The quantitative estimate of drug-likeness (QED) is 0.446. The fraction of sp³-hybridized carbons (Fsp3) is 0.519. The van der Waals surface area contributed by atoms with Crippen LogP contribution in [0.4, 0.5) is 0 Å². The maximum Gasteiger partial charge on any atom is 0.337 e. The zero-order chi connectivity index (χ0) is 25.2. The van der Waals surface area contributed by atoms with Gasteiger partial charge in [-0.2, -0.15) is 0 Å². The van der Waals surface area contributed by atoms with Gasteiger partial charge in [0.15, 0.2) is 17.3 Å². The number of carbonyl (C=O) groups excluding carboxylic acids is 3. The molecule has 0 saturated carbocycles. The van der Waals surface area contributed by atoms with Gasteiger partial charge in [-0.3, -0.25) is 9.59 Å². The first kappa shape index (κ1) is 25.5. The fourth-order valence-electron chi connectivity index (χ4n) is 4.58. The van der Waals surface area contributed by atoms with Crippen LogP contribution in [0.5, 0.6) is 11.5 Å². The molecule has 2 aliphatic rings. The van der Waals surface area contributed by atoms with Gasteiger partial charge in [-0.1, -0.05) is 26.8 Å². The van der Waals surface area contributed by atoms with Crippen LogP contribution in [0.15, 0.2) is 40.7 Å². The average Bonchev–Trinajstić information content (AvgIpc) is 2.72. The van der Waals surface area contributed by atoms with Crippen LogP contribution in [0.2, 0.25) is 0 Å². The Morgan fingerprint density at radius 2 is 1.88 bits per heavy atom. The van der Waals surface area contributed by atoms with Crippen LogP contribution in [0, 0.1) is 5.41 Å². The summed E-state index contributed by atoms with van der Waals surface area (Å²) in [5.74, 6) is -0.836. The SMILES string of the molecule is CCOc1cc([C@@H]2C(C(=O)O[C@H](C)CC)=C(C)NC3=C2C(=O)CC(C)(C)C3)ccc1OC(C)=O. The second kappa shape index (κ2) is 10.0. The van der Waals surface area contributed by atoms with Gasteiger partial charge < -0.3 is 19.5 Å². The van der Waals surface area contributed by atoms with Crippen molar-refractivity contribution >= 4 is 17.7 Å². The molecule has 0 saturated heterocycles. The summed E-state index contributed by atoms with van der Waals surface area (Å²) in [6, 6.07) is 5.17. The van der Waals surface area contributed by atoms with Gasteiger partial charge in [0.05, 0.1) is 18.3 Å². The van der Waals surface area contributed by atoms with Crippen molar-refractivity contribution < 1.29 is 28.6 Å². The molecule has 1 aromatic carbocycles. The Kier molecular flexibility index (Phi) is 7.54. The summed E-state index contributed by atoms with van der Waals surface area (Å²) in [5, 5.41) is 3.34. The third-order valence-corrected chi connectivity index (χ3v) is 6.20. The molecule has 7 nitrogen and oxygen atoms in total. The Labute approximate surface area is 201 Å². The Bertz CT molecular complexity index is 1060. The van der Waals surface area contributed by atoms with E-state index < -0.39 is 17.9 Å². The van der Waals surface area contributed by atoms with E-state index in [0.29, 0.717) is 59.8 Å². The predicted octanol–water partition coefficient (Wildman–Crippen LogP) is 4.96. The minimum Gasteiger partial charge on any atom is -0.490 e. The number of rotatable bonds is 7. The van der Waals surface area contributed by atoms with Crippen LogP contribution >= 0.6 is 0 Å². The van der Waals surface area contributed by atoms with Gasteiger partial charge in [-0.25, -0.2) is 4.79 Å². The summed E-state index contributed by atoms with van der Waals surface area (Å²) in [6.07, 6.45) is 1.51. The van der Waals surface area contributed by atoms with Crippen molar-refractivity contribution in [2.75, 3.05) is 6.61 Å². The van der Waals surface area contributed by atoms with E-state index in [1.54, 1.807) is 18.2 Å². The van der Waals surface area contributed by atoms with Crippen LogP contribution in [0.1, 0.15) is 79.2 Å². The zero-order valence-electron chi connectivity index (χ0n) is 21.2. The molecule has 0 amide bonds. The minimum atomic E-state index is -0.609. The van der Waals surface area contributed by atoms with Gasteiger partial charge in [0, 0.05) is 36.2 Å². The molecular weight excluding hydrogens is 434 g/mol. The summed E-state index contributed by atoms with van der Waals surface area (Å²) in [4.78, 5) is 38.3. The highest BCUT2D eigenvalue weighted by Gasteiger charge is 2.43. The molecule has 0 fully saturated rings. The number of ether oxygens (including phenoxy) is 3. The molecule has 184 valence electrons. The van der Waals surface area contributed by atoms with Crippen molar-refractivity contribution in [3.63, 3.8) is 0 Å². The normalized spacial score (nSPS) is 20.3. The van der Waals surface area contributed by atoms with Crippen LogP contribution in [0.3, 0.4) is 0 Å². The molecular formula is C27H35NO6. The Morgan fingerprint density at radius 3 is 2.50 bits per heavy atom. The number of benzene rings is 1. The molecule has 0 bridgehead atoms. The van der Waals surface area contributed by atoms with E-state index in [4.69, 9.17) is 14.2 Å². The highest BCUT2D eigenvalue weighted by Crippen LogP contribution is 2.48. The second-order valence-electron chi connectivity index (χ2n) is 9.79. The molecule has 2 atom stereocenters. The van der Waals surface area contributed by atoms with E-state index in [0.717, 1.165) is 5.70 Å². The highest BCUT2D eigenvalue weighted by atomic mass is 16.6. The van der Waals surface area contributed by atoms with Crippen LogP contribution in [0.25, 0.3) is 0 Å². The largest absolute Gasteiger partial charge is 0.490 e. The van der Waals surface area contributed by atoms with E-state index in [9.17, 15) is 14.4 Å². The highest BCUT2D eigenvalue weighted by molar-refractivity contribution is 6.04. The molecule has 1 N–H and O–H groups in total. The molecule has 0 spiro atoms. The predicted molar refractivity (Wildman–Crippen MR) is 128 cm³/mol. The Morgan fingerprint density at radius 1 is 1.18 bits per heavy atom. The summed E-state index contributed by atoms with van der Waals surface area (Å²) < 4.78 is 16.7. The number of hydrogen-bond donors (Lipinski definition) is 1. The maximum atomic E-state index is 13.4. The van der Waals surface area contributed by atoms with Crippen molar-refractivity contribution in [3.8, 4) is 11.5 Å². The first-order valence-corrected chi connectivity index (χ1v) is 11.9. The molecule has 0 radical (unpaired) electrons. The molecule has 0 aromatic heterocycles. The maximum absolute atomic E-state index is 13.4. The molecule has 1 aliphatic carbocycles. The van der Waals surface area contributed by atoms with Gasteiger partial charge in [0.25, 0.3) is 0 Å². The van der Waals surface area contributed by atoms with Crippen molar-refractivity contribution in [1.29, 1.82) is 0 Å². The Hall–Kier alpha value is -3.09. The number of hydrogen-bond acceptors (Lipinski definition) is 7. The third-order valence-electron chi connectivity index (χ3n) is 6.20. The second-order valence-corrected chi connectivity index (χ2v) is 9.79. The lowest BCUT2D eigenvalue weighted by molar-refractivity contribution is -0.144. The van der Waals surface area contributed by atoms with E-state index in [2.05, 4.69) is 19.2 Å². The molecule has 34 heavy (non-hydrogen) atoms. The summed E-state index contributed by atoms with van der Waals surface area (Å²) in [5.41, 5.74) is 3.03. The molecule has 3 rings (SSSR count). The number of esters is 2. The topological polar surface area (TPSA) is 90.9 Å². The minimum absolute atomic E-state index is 0.00659. The van der Waals surface area contributed by atoms with Crippen LogP contribution in [-0.2, 0) is 19.1 Å². The van der Waals surface area contributed by atoms with E-state index in [-0.39, 0.29) is 17.3 Å². The number of ketones is 1. The summed E-state index contributed by atoms with van der Waals surface area (Å²) >= 11 is 0. The average molecular weight is 470 g/mol. The van der Waals surface area contributed by atoms with Crippen molar-refractivity contribution in [1.82, 2.24) is 5.32 Å². The van der Waals surface area contributed by atoms with Gasteiger partial charge in [0.2, 0.25) is 0 Å². The molecule has 7 heteroatoms. The lowest BCUT2D eigenvalue weighted by Gasteiger charge is -2.39. The van der Waals surface area contributed by atoms with E-state index in [1.807, 2.05) is 27.7 Å².